The molecule has 0 spiro atoms. The molecular weight excluding hydrogens is 256 g/mol. The number of aromatic nitrogens is 2. The van der Waals surface area contributed by atoms with Gasteiger partial charge in [-0.3, -0.25) is 9.59 Å². The van der Waals surface area contributed by atoms with Crippen molar-refractivity contribution in [2.75, 3.05) is 6.61 Å². The van der Waals surface area contributed by atoms with Gasteiger partial charge in [-0.2, -0.15) is 5.10 Å². The number of hydrogen-bond donors (Lipinski definition) is 0. The van der Waals surface area contributed by atoms with Gasteiger partial charge in [-0.05, 0) is 44.2 Å². The first-order valence-electron chi connectivity index (χ1n) is 6.41. The topological polar surface area (TPSA) is 61.2 Å². The first-order valence-corrected chi connectivity index (χ1v) is 6.41. The minimum Gasteiger partial charge on any atom is -0.494 e. The summed E-state index contributed by atoms with van der Waals surface area (Å²) in [6.07, 6.45) is 0. The molecule has 0 aliphatic carbocycles. The third-order valence-electron chi connectivity index (χ3n) is 2.78. The predicted molar refractivity (Wildman–Crippen MR) is 75.2 cm³/mol. The average molecular weight is 272 g/mol. The van der Waals surface area contributed by atoms with Gasteiger partial charge in [0.2, 0.25) is 0 Å². The number of hydrogen-bond acceptors (Lipinski definition) is 4. The molecule has 20 heavy (non-hydrogen) atoms. The van der Waals surface area contributed by atoms with Gasteiger partial charge < -0.3 is 4.74 Å². The maximum atomic E-state index is 12.1. The summed E-state index contributed by atoms with van der Waals surface area (Å²) in [4.78, 5) is 23.7. The van der Waals surface area contributed by atoms with Crippen LogP contribution in [-0.2, 0) is 6.54 Å². The third-order valence-corrected chi connectivity index (χ3v) is 2.78. The van der Waals surface area contributed by atoms with Gasteiger partial charge in [0, 0.05) is 11.6 Å². The van der Waals surface area contributed by atoms with E-state index in [0.717, 1.165) is 5.75 Å². The molecular formula is C15H16N2O3. The fourth-order valence-corrected chi connectivity index (χ4v) is 1.80. The second-order valence-electron chi connectivity index (χ2n) is 4.35. The lowest BCUT2D eigenvalue weighted by atomic mass is 10.1. The summed E-state index contributed by atoms with van der Waals surface area (Å²) in [5, 5.41) is 4.04. The van der Waals surface area contributed by atoms with Crippen LogP contribution in [0.4, 0.5) is 0 Å². The van der Waals surface area contributed by atoms with E-state index in [2.05, 4.69) is 5.10 Å². The van der Waals surface area contributed by atoms with Gasteiger partial charge in [0.1, 0.15) is 12.3 Å². The van der Waals surface area contributed by atoms with Crippen molar-refractivity contribution >= 4 is 5.78 Å². The highest BCUT2D eigenvalue weighted by Gasteiger charge is 2.09. The van der Waals surface area contributed by atoms with Crippen LogP contribution in [0.2, 0.25) is 0 Å². The van der Waals surface area contributed by atoms with Crippen molar-refractivity contribution in [1.82, 2.24) is 9.78 Å². The summed E-state index contributed by atoms with van der Waals surface area (Å²) in [6.45, 7) is 4.19. The number of carbonyl (C=O) groups is 1. The molecule has 2 aromatic rings. The minimum atomic E-state index is -0.283. The van der Waals surface area contributed by atoms with Gasteiger partial charge >= 0.3 is 0 Å². The zero-order valence-corrected chi connectivity index (χ0v) is 11.5. The summed E-state index contributed by atoms with van der Waals surface area (Å²) in [6, 6.07) is 9.89. The number of aryl methyl sites for hydroxylation is 1. The molecule has 0 unspecified atom stereocenters. The van der Waals surface area contributed by atoms with Crippen LogP contribution in [0.25, 0.3) is 0 Å². The molecule has 0 aliphatic rings. The first kappa shape index (κ1) is 14.0. The van der Waals surface area contributed by atoms with Gasteiger partial charge in [0.15, 0.2) is 5.78 Å². The molecule has 0 bridgehead atoms. The van der Waals surface area contributed by atoms with Crippen LogP contribution in [-0.4, -0.2) is 22.2 Å². The Kier molecular flexibility index (Phi) is 4.30. The van der Waals surface area contributed by atoms with E-state index >= 15 is 0 Å². The van der Waals surface area contributed by atoms with E-state index in [1.807, 2.05) is 6.92 Å². The van der Waals surface area contributed by atoms with Crippen LogP contribution in [0, 0.1) is 6.92 Å². The quantitative estimate of drug-likeness (QED) is 0.779. The number of ether oxygens (including phenoxy) is 1. The monoisotopic (exact) mass is 272 g/mol. The zero-order chi connectivity index (χ0) is 14.5. The van der Waals surface area contributed by atoms with Gasteiger partial charge in [-0.15, -0.1) is 0 Å². The number of ketones is 1. The van der Waals surface area contributed by atoms with Crippen molar-refractivity contribution < 1.29 is 9.53 Å². The Labute approximate surface area is 116 Å². The Morgan fingerprint density at radius 2 is 1.90 bits per heavy atom. The van der Waals surface area contributed by atoms with Crippen molar-refractivity contribution in [2.24, 2.45) is 0 Å². The molecule has 2 rings (SSSR count). The summed E-state index contributed by atoms with van der Waals surface area (Å²) < 4.78 is 6.49. The highest BCUT2D eigenvalue weighted by atomic mass is 16.5. The minimum absolute atomic E-state index is 0.0610. The van der Waals surface area contributed by atoms with Crippen LogP contribution in [0.15, 0.2) is 41.2 Å². The lowest BCUT2D eigenvalue weighted by Gasteiger charge is -2.06. The van der Waals surface area contributed by atoms with E-state index in [-0.39, 0.29) is 17.9 Å². The van der Waals surface area contributed by atoms with Crippen molar-refractivity contribution in [3.8, 4) is 5.75 Å². The first-order chi connectivity index (χ1) is 9.60. The second kappa shape index (κ2) is 6.14. The Balaban J connectivity index is 2.15. The fraction of sp³-hybridized carbons (Fsp3) is 0.267. The normalized spacial score (nSPS) is 10.3. The fourth-order valence-electron chi connectivity index (χ4n) is 1.80. The molecule has 0 saturated heterocycles. The van der Waals surface area contributed by atoms with Crippen molar-refractivity contribution in [1.29, 1.82) is 0 Å². The van der Waals surface area contributed by atoms with E-state index in [4.69, 9.17) is 4.74 Å². The van der Waals surface area contributed by atoms with Gasteiger partial charge in [0.25, 0.3) is 5.56 Å². The van der Waals surface area contributed by atoms with Gasteiger partial charge in [0.05, 0.1) is 12.3 Å². The Morgan fingerprint density at radius 3 is 2.55 bits per heavy atom. The van der Waals surface area contributed by atoms with Crippen molar-refractivity contribution in [3.63, 3.8) is 0 Å². The summed E-state index contributed by atoms with van der Waals surface area (Å²) >= 11 is 0. The largest absolute Gasteiger partial charge is 0.494 e. The second-order valence-corrected chi connectivity index (χ2v) is 4.35. The van der Waals surface area contributed by atoms with E-state index in [1.165, 1.54) is 10.7 Å². The third kappa shape index (κ3) is 3.32. The van der Waals surface area contributed by atoms with Crippen molar-refractivity contribution in [2.45, 2.75) is 20.4 Å². The smallest absolute Gasteiger partial charge is 0.267 e. The molecule has 0 aliphatic heterocycles. The molecule has 0 fully saturated rings. The molecule has 1 aromatic carbocycles. The highest BCUT2D eigenvalue weighted by molar-refractivity contribution is 5.95. The maximum absolute atomic E-state index is 12.1. The molecule has 0 atom stereocenters. The highest BCUT2D eigenvalue weighted by Crippen LogP contribution is 2.12. The molecule has 0 N–H and O–H groups in total. The molecule has 0 saturated carbocycles. The van der Waals surface area contributed by atoms with Crippen LogP contribution >= 0.6 is 0 Å². The molecule has 1 heterocycles. The molecule has 5 nitrogen and oxygen atoms in total. The van der Waals surface area contributed by atoms with Gasteiger partial charge in [-0.25, -0.2) is 4.68 Å². The van der Waals surface area contributed by atoms with E-state index < -0.39 is 0 Å². The van der Waals surface area contributed by atoms with Crippen LogP contribution in [0.3, 0.4) is 0 Å². The number of carbonyl (C=O) groups excluding carboxylic acids is 1. The average Bonchev–Trinajstić information content (AvgIpc) is 2.44. The molecule has 1 aromatic heterocycles. The van der Waals surface area contributed by atoms with Crippen LogP contribution in [0.1, 0.15) is 23.0 Å². The number of rotatable bonds is 5. The summed E-state index contributed by atoms with van der Waals surface area (Å²) in [7, 11) is 0. The van der Waals surface area contributed by atoms with Crippen molar-refractivity contribution in [3.05, 3.63) is 58.0 Å². The van der Waals surface area contributed by atoms with E-state index in [9.17, 15) is 9.59 Å². The lowest BCUT2D eigenvalue weighted by molar-refractivity contribution is 0.0965. The number of Topliss-reactive ketones (excluding diaryl/α,β-unsaturated/α-hetero) is 1. The Hall–Kier alpha value is -2.43. The standard InChI is InChI=1S/C15H16N2O3/c1-3-20-13-7-5-12(6-8-13)14(18)10-17-15(19)9-4-11(2)16-17/h4-9H,3,10H2,1-2H3. The summed E-state index contributed by atoms with van der Waals surface area (Å²) in [5.74, 6) is 0.558. The zero-order valence-electron chi connectivity index (χ0n) is 11.5. The molecule has 104 valence electrons. The van der Waals surface area contributed by atoms with E-state index in [0.29, 0.717) is 17.9 Å². The van der Waals surface area contributed by atoms with Crippen LogP contribution < -0.4 is 10.3 Å². The SMILES string of the molecule is CCOc1ccc(C(=O)Cn2nc(C)ccc2=O)cc1. The molecule has 0 radical (unpaired) electrons. The van der Waals surface area contributed by atoms with Crippen LogP contribution in [0.5, 0.6) is 5.75 Å². The van der Waals surface area contributed by atoms with Gasteiger partial charge in [-0.1, -0.05) is 0 Å². The number of benzene rings is 1. The molecule has 5 heteroatoms. The summed E-state index contributed by atoms with van der Waals surface area (Å²) in [5.41, 5.74) is 0.947. The molecule has 0 amide bonds. The maximum Gasteiger partial charge on any atom is 0.267 e. The lowest BCUT2D eigenvalue weighted by Crippen LogP contribution is -2.26. The Bertz CT molecular complexity index is 660. The number of nitrogens with zero attached hydrogens (tertiary/aromatic N) is 2. The van der Waals surface area contributed by atoms with E-state index in [1.54, 1.807) is 37.3 Å². The Morgan fingerprint density at radius 1 is 1.20 bits per heavy atom. The predicted octanol–water partition coefficient (Wildman–Crippen LogP) is 1.83.